The highest BCUT2D eigenvalue weighted by Crippen LogP contribution is 2.33. The third-order valence-electron chi connectivity index (χ3n) is 9.55. The summed E-state index contributed by atoms with van der Waals surface area (Å²) in [5.41, 5.74) is 5.75. The molecule has 0 bridgehead atoms. The summed E-state index contributed by atoms with van der Waals surface area (Å²) in [4.78, 5) is 10.3. The van der Waals surface area contributed by atoms with Crippen molar-refractivity contribution in [1.82, 2.24) is 19.4 Å². The van der Waals surface area contributed by atoms with Crippen LogP contribution in [0.3, 0.4) is 0 Å². The Hall–Kier alpha value is -4.10. The van der Waals surface area contributed by atoms with Crippen LogP contribution in [0.4, 0.5) is 0 Å². The molecule has 1 aliphatic heterocycles. The lowest BCUT2D eigenvalue weighted by atomic mass is 9.95. The average molecular weight is 677 g/mol. The molecule has 2 heterocycles. The molecule has 0 saturated carbocycles. The normalized spacial score (nSPS) is 14.0. The molecule has 1 aromatic heterocycles. The lowest BCUT2D eigenvalue weighted by Crippen LogP contribution is -2.33. The van der Waals surface area contributed by atoms with Gasteiger partial charge in [0.2, 0.25) is 0 Å². The van der Waals surface area contributed by atoms with Gasteiger partial charge in [-0.05, 0) is 117 Å². The number of imidazole rings is 1. The molecule has 1 saturated heterocycles. The van der Waals surface area contributed by atoms with Gasteiger partial charge in [-0.2, -0.15) is 0 Å². The third-order valence-corrected chi connectivity index (χ3v) is 9.81. The molecule has 0 unspecified atom stereocenters. The molecule has 0 amide bonds. The van der Waals surface area contributed by atoms with Crippen molar-refractivity contribution in [2.24, 2.45) is 0 Å². The second kappa shape index (κ2) is 17.5. The molecule has 0 radical (unpaired) electrons. The summed E-state index contributed by atoms with van der Waals surface area (Å²) in [5.74, 6) is 3.28. The topological polar surface area (TPSA) is 42.8 Å². The van der Waals surface area contributed by atoms with Gasteiger partial charge in [-0.3, -0.25) is 4.90 Å². The minimum Gasteiger partial charge on any atom is -0.494 e. The van der Waals surface area contributed by atoms with Crippen LogP contribution in [0, 0.1) is 0 Å². The summed E-state index contributed by atoms with van der Waals surface area (Å²) >= 11 is 6.03. The van der Waals surface area contributed by atoms with E-state index >= 15 is 0 Å². The number of aromatic nitrogens is 2. The zero-order valence-corrected chi connectivity index (χ0v) is 29.7. The molecule has 0 N–H and O–H groups in total. The van der Waals surface area contributed by atoms with Crippen molar-refractivity contribution in [2.45, 2.75) is 52.0 Å². The number of ether oxygens (including phenoxy) is 2. The predicted octanol–water partition coefficient (Wildman–Crippen LogP) is 9.30. The summed E-state index contributed by atoms with van der Waals surface area (Å²) < 4.78 is 14.5. The van der Waals surface area contributed by atoms with E-state index in [4.69, 9.17) is 26.1 Å². The summed E-state index contributed by atoms with van der Waals surface area (Å²) in [6.45, 7) is 12.1. The van der Waals surface area contributed by atoms with Crippen molar-refractivity contribution in [1.29, 1.82) is 0 Å². The Labute approximate surface area is 297 Å². The molecule has 1 aliphatic rings. The minimum atomic E-state index is 0.382. The quantitative estimate of drug-likeness (QED) is 0.0975. The van der Waals surface area contributed by atoms with Gasteiger partial charge in [0.05, 0.1) is 18.9 Å². The first-order chi connectivity index (χ1) is 24.1. The lowest BCUT2D eigenvalue weighted by molar-refractivity contribution is 0.201. The molecule has 6 rings (SSSR count). The zero-order chi connectivity index (χ0) is 33.8. The molecule has 4 aromatic carbocycles. The molecule has 7 heteroatoms. The fourth-order valence-electron chi connectivity index (χ4n) is 6.60. The van der Waals surface area contributed by atoms with Crippen LogP contribution in [0.25, 0.3) is 16.9 Å². The Bertz CT molecular complexity index is 1690. The van der Waals surface area contributed by atoms with Gasteiger partial charge in [-0.15, -0.1) is 0 Å². The summed E-state index contributed by atoms with van der Waals surface area (Å²) in [6, 6.07) is 35.6. The minimum absolute atomic E-state index is 0.382. The lowest BCUT2D eigenvalue weighted by Gasteiger charge is -2.32. The van der Waals surface area contributed by atoms with E-state index in [0.29, 0.717) is 12.5 Å². The molecule has 0 spiro atoms. The van der Waals surface area contributed by atoms with Crippen molar-refractivity contribution in [3.8, 4) is 28.4 Å². The molecule has 0 atom stereocenters. The molecule has 0 aliphatic carbocycles. The molecule has 1 fully saturated rings. The predicted molar refractivity (Wildman–Crippen MR) is 201 cm³/mol. The largest absolute Gasteiger partial charge is 0.494 e. The van der Waals surface area contributed by atoms with Crippen LogP contribution in [0.5, 0.6) is 11.5 Å². The smallest absolute Gasteiger partial charge is 0.119 e. The second-order valence-corrected chi connectivity index (χ2v) is 13.3. The molecule has 49 heavy (non-hydrogen) atoms. The van der Waals surface area contributed by atoms with Crippen LogP contribution >= 0.6 is 11.6 Å². The Morgan fingerprint density at radius 3 is 2.08 bits per heavy atom. The number of rotatable bonds is 16. The maximum absolute atomic E-state index is 6.11. The van der Waals surface area contributed by atoms with Gasteiger partial charge in [-0.25, -0.2) is 4.98 Å². The Kier molecular flexibility index (Phi) is 12.4. The summed E-state index contributed by atoms with van der Waals surface area (Å²) in [7, 11) is 0. The van der Waals surface area contributed by atoms with Crippen molar-refractivity contribution >= 4 is 11.6 Å². The number of benzene rings is 4. The van der Waals surface area contributed by atoms with E-state index in [0.717, 1.165) is 111 Å². The van der Waals surface area contributed by atoms with E-state index in [1.807, 2.05) is 36.4 Å². The highest BCUT2D eigenvalue weighted by molar-refractivity contribution is 6.30. The highest BCUT2D eigenvalue weighted by atomic mass is 35.5. The fraction of sp³-hybridized carbons (Fsp3) is 0.357. The van der Waals surface area contributed by atoms with E-state index in [2.05, 4.69) is 101 Å². The standard InChI is InChI=1S/C42H49ClN4O2/c1-3-45(4-2)26-8-29-48-40-21-17-38(18-22-40)47-32-41(35-13-19-39(20-14-35)49-30-25-33-11-15-37(43)16-12-33)44-42(47)36-23-27-46(28-24-36)31-34-9-6-5-7-10-34/h5-7,9-22,32,36H,3-4,8,23-31H2,1-2H3. The Balaban J connectivity index is 1.14. The average Bonchev–Trinajstić information content (AvgIpc) is 3.59. The first-order valence-corrected chi connectivity index (χ1v) is 18.2. The molecular weight excluding hydrogens is 628 g/mol. The number of likely N-dealkylation sites (tertiary alicyclic amines) is 1. The van der Waals surface area contributed by atoms with Gasteiger partial charge in [0.15, 0.2) is 0 Å². The van der Waals surface area contributed by atoms with Gasteiger partial charge < -0.3 is 18.9 Å². The number of hydrogen-bond acceptors (Lipinski definition) is 5. The second-order valence-electron chi connectivity index (χ2n) is 12.9. The Morgan fingerprint density at radius 1 is 0.755 bits per heavy atom. The monoisotopic (exact) mass is 676 g/mol. The van der Waals surface area contributed by atoms with Gasteiger partial charge in [0, 0.05) is 47.9 Å². The maximum Gasteiger partial charge on any atom is 0.119 e. The maximum atomic E-state index is 6.11. The highest BCUT2D eigenvalue weighted by Gasteiger charge is 2.26. The van der Waals surface area contributed by atoms with Crippen LogP contribution in [0.2, 0.25) is 5.02 Å². The first-order valence-electron chi connectivity index (χ1n) is 17.9. The van der Waals surface area contributed by atoms with E-state index < -0.39 is 0 Å². The van der Waals surface area contributed by atoms with E-state index in [9.17, 15) is 0 Å². The number of hydrogen-bond donors (Lipinski definition) is 0. The van der Waals surface area contributed by atoms with Crippen LogP contribution in [0.1, 0.15) is 56.0 Å². The van der Waals surface area contributed by atoms with Crippen molar-refractivity contribution in [3.63, 3.8) is 0 Å². The fourth-order valence-corrected chi connectivity index (χ4v) is 6.73. The number of halogens is 1. The third kappa shape index (κ3) is 9.75. The van der Waals surface area contributed by atoms with Gasteiger partial charge >= 0.3 is 0 Å². The van der Waals surface area contributed by atoms with Crippen molar-refractivity contribution in [2.75, 3.05) is 45.9 Å². The number of nitrogens with zero attached hydrogens (tertiary/aromatic N) is 4. The zero-order valence-electron chi connectivity index (χ0n) is 28.9. The van der Waals surface area contributed by atoms with E-state index in [1.54, 1.807) is 0 Å². The summed E-state index contributed by atoms with van der Waals surface area (Å²) in [6.07, 6.45) is 6.21. The van der Waals surface area contributed by atoms with Crippen LogP contribution < -0.4 is 9.47 Å². The van der Waals surface area contributed by atoms with Crippen molar-refractivity contribution in [3.05, 3.63) is 131 Å². The molecular formula is C42H49ClN4O2. The van der Waals surface area contributed by atoms with Crippen LogP contribution in [-0.2, 0) is 13.0 Å². The van der Waals surface area contributed by atoms with E-state index in [-0.39, 0.29) is 0 Å². The first kappa shape index (κ1) is 34.8. The number of piperidine rings is 1. The van der Waals surface area contributed by atoms with Crippen LogP contribution in [0.15, 0.2) is 109 Å². The van der Waals surface area contributed by atoms with Crippen LogP contribution in [-0.4, -0.2) is 65.3 Å². The van der Waals surface area contributed by atoms with Gasteiger partial charge in [-0.1, -0.05) is 67.9 Å². The molecule has 6 nitrogen and oxygen atoms in total. The molecule has 256 valence electrons. The summed E-state index contributed by atoms with van der Waals surface area (Å²) in [5, 5.41) is 0.752. The SMILES string of the molecule is CCN(CC)CCCOc1ccc(-n2cc(-c3ccc(OCCc4ccc(Cl)cc4)cc3)nc2C2CCN(Cc3ccccc3)CC2)cc1. The van der Waals surface area contributed by atoms with Crippen molar-refractivity contribution < 1.29 is 9.47 Å². The Morgan fingerprint density at radius 2 is 1.41 bits per heavy atom. The molecule has 5 aromatic rings. The van der Waals surface area contributed by atoms with Gasteiger partial charge in [0.1, 0.15) is 17.3 Å². The van der Waals surface area contributed by atoms with Gasteiger partial charge in [0.25, 0.3) is 0 Å². The van der Waals surface area contributed by atoms with E-state index in [1.165, 1.54) is 11.1 Å².